The van der Waals surface area contributed by atoms with Crippen molar-refractivity contribution < 1.29 is 23.6 Å². The molecule has 0 aliphatic rings. The lowest BCUT2D eigenvalue weighted by molar-refractivity contribution is -0.727. The molecule has 1 aromatic heterocycles. The van der Waals surface area contributed by atoms with Crippen molar-refractivity contribution in [1.82, 2.24) is 5.32 Å². The SMILES string of the molecule is O=C(NCc1ccc[n+](COC(=O)c2ccccc2)c1)Nc1ccc(OCCc2ccccc2-c2ccccc2)cc1. The molecule has 7 nitrogen and oxygen atoms in total. The largest absolute Gasteiger partial charge is 0.493 e. The summed E-state index contributed by atoms with van der Waals surface area (Å²) in [6.07, 6.45) is 4.40. The number of nitrogens with one attached hydrogen (secondary N) is 2. The van der Waals surface area contributed by atoms with E-state index in [1.807, 2.05) is 72.9 Å². The fourth-order valence-corrected chi connectivity index (χ4v) is 4.46. The summed E-state index contributed by atoms with van der Waals surface area (Å²) in [7, 11) is 0. The third kappa shape index (κ3) is 8.05. The molecule has 210 valence electrons. The van der Waals surface area contributed by atoms with E-state index in [-0.39, 0.29) is 12.8 Å². The number of amides is 2. The standard InChI is InChI=1S/C35H31N3O4/c39-34(30-14-5-2-6-15-30)42-26-38-22-9-10-27(25-38)24-36-35(40)37-31-17-19-32(20-18-31)41-23-21-29-13-7-8-16-33(29)28-11-3-1-4-12-28/h1-20,22,25H,21,23-24,26H2,(H-,36,37,40)/p+1. The maximum absolute atomic E-state index is 12.5. The predicted molar refractivity (Wildman–Crippen MR) is 162 cm³/mol. The first-order valence-corrected chi connectivity index (χ1v) is 13.8. The summed E-state index contributed by atoms with van der Waals surface area (Å²) in [4.78, 5) is 24.7. The Morgan fingerprint density at radius 2 is 1.45 bits per heavy atom. The summed E-state index contributed by atoms with van der Waals surface area (Å²) in [5.41, 5.74) is 5.65. The van der Waals surface area contributed by atoms with E-state index in [9.17, 15) is 9.59 Å². The van der Waals surface area contributed by atoms with Gasteiger partial charge in [-0.25, -0.2) is 9.59 Å². The van der Waals surface area contributed by atoms with Gasteiger partial charge in [-0.15, -0.1) is 0 Å². The second-order valence-electron chi connectivity index (χ2n) is 9.61. The molecule has 0 atom stereocenters. The van der Waals surface area contributed by atoms with Crippen LogP contribution in [0.1, 0.15) is 21.5 Å². The van der Waals surface area contributed by atoms with Gasteiger partial charge in [-0.2, -0.15) is 4.57 Å². The summed E-state index contributed by atoms with van der Waals surface area (Å²) in [5.74, 6) is 0.343. The number of nitrogens with zero attached hydrogens (tertiary/aromatic N) is 1. The Hall–Kier alpha value is -5.43. The van der Waals surface area contributed by atoms with Crippen LogP contribution in [0.15, 0.2) is 134 Å². The monoisotopic (exact) mass is 558 g/mol. The molecule has 2 N–H and O–H groups in total. The minimum atomic E-state index is -0.393. The van der Waals surface area contributed by atoms with Crippen LogP contribution in [0, 0.1) is 0 Å². The average Bonchev–Trinajstić information content (AvgIpc) is 3.05. The van der Waals surface area contributed by atoms with Crippen LogP contribution in [0.3, 0.4) is 0 Å². The first-order chi connectivity index (χ1) is 20.6. The lowest BCUT2D eigenvalue weighted by atomic mass is 9.98. The maximum Gasteiger partial charge on any atom is 0.342 e. The zero-order chi connectivity index (χ0) is 29.0. The number of ether oxygens (including phenoxy) is 2. The van der Waals surface area contributed by atoms with Gasteiger partial charge in [0, 0.05) is 23.7 Å². The number of rotatable bonds is 11. The van der Waals surface area contributed by atoms with Crippen molar-refractivity contribution >= 4 is 17.7 Å². The number of hydrogen-bond acceptors (Lipinski definition) is 4. The van der Waals surface area contributed by atoms with Crippen molar-refractivity contribution in [1.29, 1.82) is 0 Å². The van der Waals surface area contributed by atoms with E-state index in [4.69, 9.17) is 9.47 Å². The van der Waals surface area contributed by atoms with E-state index in [2.05, 4.69) is 41.0 Å². The van der Waals surface area contributed by atoms with Crippen LogP contribution in [-0.4, -0.2) is 18.6 Å². The van der Waals surface area contributed by atoms with E-state index in [1.54, 1.807) is 35.0 Å². The molecule has 0 spiro atoms. The minimum absolute atomic E-state index is 0.0712. The number of urea groups is 1. The van der Waals surface area contributed by atoms with Crippen LogP contribution < -0.4 is 19.9 Å². The molecular formula is C35H32N3O4+. The van der Waals surface area contributed by atoms with Crippen LogP contribution >= 0.6 is 0 Å². The summed E-state index contributed by atoms with van der Waals surface area (Å²) in [6.45, 7) is 0.923. The second kappa shape index (κ2) is 14.3. The van der Waals surface area contributed by atoms with Crippen molar-refractivity contribution in [2.45, 2.75) is 19.7 Å². The molecule has 0 aliphatic heterocycles. The van der Waals surface area contributed by atoms with Crippen molar-refractivity contribution in [3.63, 3.8) is 0 Å². The summed E-state index contributed by atoms with van der Waals surface area (Å²) in [5, 5.41) is 5.69. The predicted octanol–water partition coefficient (Wildman–Crippen LogP) is 6.40. The molecule has 2 amide bonds. The number of esters is 1. The number of carbonyl (C=O) groups is 2. The summed E-state index contributed by atoms with van der Waals surface area (Å²) in [6, 6.07) is 38.3. The molecule has 0 unspecified atom stereocenters. The van der Waals surface area contributed by atoms with Gasteiger partial charge in [0.15, 0.2) is 12.4 Å². The van der Waals surface area contributed by atoms with Crippen LogP contribution in [0.5, 0.6) is 5.75 Å². The lowest BCUT2D eigenvalue weighted by Crippen LogP contribution is -2.37. The third-order valence-electron chi connectivity index (χ3n) is 6.58. The van der Waals surface area contributed by atoms with Gasteiger partial charge in [-0.1, -0.05) is 72.8 Å². The summed E-state index contributed by atoms with van der Waals surface area (Å²) < 4.78 is 13.1. The molecule has 0 saturated heterocycles. The van der Waals surface area contributed by atoms with E-state index in [0.29, 0.717) is 24.4 Å². The first-order valence-electron chi connectivity index (χ1n) is 13.8. The fraction of sp³-hybridized carbons (Fsp3) is 0.114. The quantitative estimate of drug-likeness (QED) is 0.145. The highest BCUT2D eigenvalue weighted by Gasteiger charge is 2.11. The van der Waals surface area contributed by atoms with E-state index in [1.165, 1.54) is 16.7 Å². The Balaban J connectivity index is 1.06. The van der Waals surface area contributed by atoms with Crippen molar-refractivity contribution in [2.24, 2.45) is 0 Å². The molecule has 5 aromatic rings. The molecule has 5 rings (SSSR count). The van der Waals surface area contributed by atoms with E-state index >= 15 is 0 Å². The number of benzene rings is 4. The van der Waals surface area contributed by atoms with Gasteiger partial charge in [-0.3, -0.25) is 0 Å². The second-order valence-corrected chi connectivity index (χ2v) is 9.61. The maximum atomic E-state index is 12.5. The van der Waals surface area contributed by atoms with Crippen LogP contribution in [0.2, 0.25) is 0 Å². The molecule has 0 aliphatic carbocycles. The lowest BCUT2D eigenvalue weighted by Gasteiger charge is -2.12. The van der Waals surface area contributed by atoms with Gasteiger partial charge < -0.3 is 20.1 Å². The highest BCUT2D eigenvalue weighted by atomic mass is 16.5. The molecule has 0 fully saturated rings. The Labute approximate surface area is 245 Å². The number of anilines is 1. The Morgan fingerprint density at radius 3 is 2.24 bits per heavy atom. The molecule has 1 heterocycles. The Kier molecular flexibility index (Phi) is 9.55. The average molecular weight is 559 g/mol. The third-order valence-corrected chi connectivity index (χ3v) is 6.58. The molecule has 7 heteroatoms. The van der Waals surface area contributed by atoms with Crippen LogP contribution in [0.4, 0.5) is 10.5 Å². The molecule has 0 radical (unpaired) electrons. The molecule has 42 heavy (non-hydrogen) atoms. The van der Waals surface area contributed by atoms with Crippen molar-refractivity contribution in [2.75, 3.05) is 11.9 Å². The van der Waals surface area contributed by atoms with Gasteiger partial charge in [0.2, 0.25) is 0 Å². The first kappa shape index (κ1) is 28.1. The number of hydrogen-bond donors (Lipinski definition) is 2. The van der Waals surface area contributed by atoms with Crippen molar-refractivity contribution in [3.05, 3.63) is 150 Å². The van der Waals surface area contributed by atoms with Crippen molar-refractivity contribution in [3.8, 4) is 16.9 Å². The Bertz CT molecular complexity index is 1610. The van der Waals surface area contributed by atoms with Gasteiger partial charge in [0.05, 0.1) is 18.7 Å². The smallest absolute Gasteiger partial charge is 0.342 e. The molecule has 4 aromatic carbocycles. The highest BCUT2D eigenvalue weighted by molar-refractivity contribution is 5.89. The van der Waals surface area contributed by atoms with E-state index < -0.39 is 5.97 Å². The molecule has 0 saturated carbocycles. The number of carbonyl (C=O) groups excluding carboxylic acids is 2. The van der Waals surface area contributed by atoms with E-state index in [0.717, 1.165) is 17.7 Å². The summed E-state index contributed by atoms with van der Waals surface area (Å²) >= 11 is 0. The highest BCUT2D eigenvalue weighted by Crippen LogP contribution is 2.24. The molecule has 0 bridgehead atoms. The zero-order valence-electron chi connectivity index (χ0n) is 23.1. The molecular weight excluding hydrogens is 526 g/mol. The van der Waals surface area contributed by atoms with Gasteiger partial charge in [-0.05, 0) is 59.2 Å². The van der Waals surface area contributed by atoms with Gasteiger partial charge in [0.25, 0.3) is 6.73 Å². The van der Waals surface area contributed by atoms with Gasteiger partial charge in [0.1, 0.15) is 5.75 Å². The topological polar surface area (TPSA) is 80.5 Å². The number of pyridine rings is 1. The zero-order valence-corrected chi connectivity index (χ0v) is 23.1. The minimum Gasteiger partial charge on any atom is -0.493 e. The van der Waals surface area contributed by atoms with Crippen LogP contribution in [0.25, 0.3) is 11.1 Å². The Morgan fingerprint density at radius 1 is 0.738 bits per heavy atom. The number of aromatic nitrogens is 1. The van der Waals surface area contributed by atoms with Gasteiger partial charge >= 0.3 is 12.0 Å². The fourth-order valence-electron chi connectivity index (χ4n) is 4.46. The normalized spacial score (nSPS) is 10.5. The van der Waals surface area contributed by atoms with Crippen LogP contribution in [-0.2, 0) is 24.4 Å².